The molecule has 0 aromatic heterocycles. The summed E-state index contributed by atoms with van der Waals surface area (Å²) < 4.78 is 52.8. The van der Waals surface area contributed by atoms with Crippen LogP contribution in [0.3, 0.4) is 0 Å². The standard InChI is InChI=1S/C18H18F2N2O5S/c1-12(23)21-14-4-6-15(7-5-14)22-17(24)11-28(25,26)10-13-2-8-16(9-3-13)27-18(19)20/h2-9,18H,10-11H2,1H3,(H,21,23)(H,22,24). The molecule has 0 atom stereocenters. The Kier molecular flexibility index (Phi) is 7.05. The smallest absolute Gasteiger partial charge is 0.387 e. The predicted octanol–water partition coefficient (Wildman–Crippen LogP) is 2.80. The topological polar surface area (TPSA) is 102 Å². The van der Waals surface area contributed by atoms with Gasteiger partial charge in [0.1, 0.15) is 11.5 Å². The first kappa shape index (κ1) is 21.3. The van der Waals surface area contributed by atoms with Gasteiger partial charge in [-0.05, 0) is 42.0 Å². The second-order valence-electron chi connectivity index (χ2n) is 5.86. The second kappa shape index (κ2) is 9.27. The van der Waals surface area contributed by atoms with Crippen LogP contribution in [0.5, 0.6) is 5.75 Å². The number of rotatable bonds is 8. The van der Waals surface area contributed by atoms with Crippen molar-refractivity contribution in [1.82, 2.24) is 0 Å². The Hall–Kier alpha value is -3.01. The molecule has 0 radical (unpaired) electrons. The molecule has 0 saturated carbocycles. The molecule has 0 aliphatic carbocycles. The zero-order valence-corrected chi connectivity index (χ0v) is 15.6. The van der Waals surface area contributed by atoms with Crippen molar-refractivity contribution in [3.63, 3.8) is 0 Å². The third-order valence-corrected chi connectivity index (χ3v) is 4.85. The highest BCUT2D eigenvalue weighted by atomic mass is 32.2. The highest BCUT2D eigenvalue weighted by Crippen LogP contribution is 2.17. The van der Waals surface area contributed by atoms with Gasteiger partial charge in [-0.1, -0.05) is 12.1 Å². The minimum absolute atomic E-state index is 0.0865. The number of carbonyl (C=O) groups excluding carboxylic acids is 2. The largest absolute Gasteiger partial charge is 0.435 e. The quantitative estimate of drug-likeness (QED) is 0.694. The average Bonchev–Trinajstić information content (AvgIpc) is 2.56. The lowest BCUT2D eigenvalue weighted by molar-refractivity contribution is -0.114. The summed E-state index contributed by atoms with van der Waals surface area (Å²) in [6.07, 6.45) is 0. The molecule has 7 nitrogen and oxygen atoms in total. The van der Waals surface area contributed by atoms with Gasteiger partial charge in [0.15, 0.2) is 9.84 Å². The van der Waals surface area contributed by atoms with E-state index in [-0.39, 0.29) is 11.7 Å². The molecule has 0 bridgehead atoms. The van der Waals surface area contributed by atoms with E-state index in [1.807, 2.05) is 0 Å². The fourth-order valence-corrected chi connectivity index (χ4v) is 3.58. The Labute approximate surface area is 160 Å². The Bertz CT molecular complexity index is 929. The van der Waals surface area contributed by atoms with E-state index in [1.165, 1.54) is 43.3 Å². The summed E-state index contributed by atoms with van der Waals surface area (Å²) in [6.45, 7) is -1.61. The lowest BCUT2D eigenvalue weighted by Gasteiger charge is -2.09. The van der Waals surface area contributed by atoms with E-state index in [2.05, 4.69) is 15.4 Å². The Morgan fingerprint density at radius 2 is 1.50 bits per heavy atom. The molecule has 0 aliphatic rings. The van der Waals surface area contributed by atoms with Gasteiger partial charge in [0, 0.05) is 18.3 Å². The number of halogens is 2. The molecule has 2 amide bonds. The summed E-state index contributed by atoms with van der Waals surface area (Å²) in [5, 5.41) is 5.03. The van der Waals surface area contributed by atoms with Gasteiger partial charge in [-0.3, -0.25) is 9.59 Å². The normalized spacial score (nSPS) is 11.1. The van der Waals surface area contributed by atoms with Gasteiger partial charge in [0.05, 0.1) is 5.75 Å². The molecule has 0 saturated heterocycles. The van der Waals surface area contributed by atoms with Crippen LogP contribution in [0.15, 0.2) is 48.5 Å². The number of nitrogens with one attached hydrogen (secondary N) is 2. The van der Waals surface area contributed by atoms with Crippen molar-refractivity contribution in [3.05, 3.63) is 54.1 Å². The number of amides is 2. The molecule has 0 spiro atoms. The molecule has 28 heavy (non-hydrogen) atoms. The molecular formula is C18H18F2N2O5S. The van der Waals surface area contributed by atoms with Crippen LogP contribution < -0.4 is 15.4 Å². The monoisotopic (exact) mass is 412 g/mol. The SMILES string of the molecule is CC(=O)Nc1ccc(NC(=O)CS(=O)(=O)Cc2ccc(OC(F)F)cc2)cc1. The fraction of sp³-hybridized carbons (Fsp3) is 0.222. The number of sulfone groups is 1. The van der Waals surface area contributed by atoms with Crippen molar-refractivity contribution in [1.29, 1.82) is 0 Å². The highest BCUT2D eigenvalue weighted by Gasteiger charge is 2.18. The van der Waals surface area contributed by atoms with Crippen LogP contribution in [0.2, 0.25) is 0 Å². The summed E-state index contributed by atoms with van der Waals surface area (Å²) in [5.41, 5.74) is 1.26. The van der Waals surface area contributed by atoms with Crippen molar-refractivity contribution in [2.45, 2.75) is 19.3 Å². The van der Waals surface area contributed by atoms with E-state index in [0.717, 1.165) is 0 Å². The Morgan fingerprint density at radius 1 is 0.964 bits per heavy atom. The van der Waals surface area contributed by atoms with Crippen LogP contribution in [0.4, 0.5) is 20.2 Å². The fourth-order valence-electron chi connectivity index (χ4n) is 2.31. The first-order valence-corrected chi connectivity index (χ1v) is 9.87. The van der Waals surface area contributed by atoms with Gasteiger partial charge >= 0.3 is 6.61 Å². The summed E-state index contributed by atoms with van der Waals surface area (Å²) >= 11 is 0. The van der Waals surface area contributed by atoms with E-state index in [4.69, 9.17) is 0 Å². The maximum atomic E-state index is 12.2. The van der Waals surface area contributed by atoms with Gasteiger partial charge in [-0.2, -0.15) is 8.78 Å². The number of hydrogen-bond acceptors (Lipinski definition) is 5. The van der Waals surface area contributed by atoms with Crippen LogP contribution in [-0.2, 0) is 25.2 Å². The summed E-state index contributed by atoms with van der Waals surface area (Å²) in [4.78, 5) is 23.0. The first-order chi connectivity index (χ1) is 13.1. The minimum atomic E-state index is -3.77. The first-order valence-electron chi connectivity index (χ1n) is 8.05. The van der Waals surface area contributed by atoms with Crippen molar-refractivity contribution in [3.8, 4) is 5.75 Å². The van der Waals surface area contributed by atoms with Crippen LogP contribution in [-0.4, -0.2) is 32.6 Å². The Balaban J connectivity index is 1.92. The highest BCUT2D eigenvalue weighted by molar-refractivity contribution is 7.91. The van der Waals surface area contributed by atoms with Gasteiger partial charge < -0.3 is 15.4 Å². The molecule has 2 aromatic carbocycles. The van der Waals surface area contributed by atoms with Crippen LogP contribution in [0, 0.1) is 0 Å². The molecule has 2 N–H and O–H groups in total. The number of benzene rings is 2. The third-order valence-electron chi connectivity index (χ3n) is 3.38. The zero-order chi connectivity index (χ0) is 20.7. The zero-order valence-electron chi connectivity index (χ0n) is 14.8. The van der Waals surface area contributed by atoms with Crippen molar-refractivity contribution >= 4 is 33.0 Å². The summed E-state index contributed by atoms with van der Waals surface area (Å²) in [7, 11) is -3.77. The molecule has 0 unspecified atom stereocenters. The van der Waals surface area contributed by atoms with Crippen molar-refractivity contribution in [2.75, 3.05) is 16.4 Å². The average molecular weight is 412 g/mol. The Morgan fingerprint density at radius 3 is 2.00 bits per heavy atom. The summed E-state index contributed by atoms with van der Waals surface area (Å²) in [5.74, 6) is -2.20. The molecule has 2 aromatic rings. The van der Waals surface area contributed by atoms with Crippen LogP contribution >= 0.6 is 0 Å². The van der Waals surface area contributed by atoms with E-state index in [0.29, 0.717) is 16.9 Å². The number of ether oxygens (including phenoxy) is 1. The third kappa shape index (κ3) is 7.31. The van der Waals surface area contributed by atoms with Crippen LogP contribution in [0.1, 0.15) is 12.5 Å². The summed E-state index contributed by atoms with van der Waals surface area (Å²) in [6, 6.07) is 11.3. The number of hydrogen-bond donors (Lipinski definition) is 2. The molecule has 2 rings (SSSR count). The molecular weight excluding hydrogens is 394 g/mol. The lowest BCUT2D eigenvalue weighted by atomic mass is 10.2. The van der Waals surface area contributed by atoms with E-state index in [9.17, 15) is 26.8 Å². The van der Waals surface area contributed by atoms with Gasteiger partial charge in [-0.25, -0.2) is 8.42 Å². The maximum Gasteiger partial charge on any atom is 0.387 e. The van der Waals surface area contributed by atoms with Gasteiger partial charge in [0.2, 0.25) is 11.8 Å². The van der Waals surface area contributed by atoms with Crippen molar-refractivity contribution in [2.24, 2.45) is 0 Å². The number of carbonyl (C=O) groups is 2. The van der Waals surface area contributed by atoms with Gasteiger partial charge in [0.25, 0.3) is 0 Å². The lowest BCUT2D eigenvalue weighted by Crippen LogP contribution is -2.24. The van der Waals surface area contributed by atoms with E-state index < -0.39 is 33.9 Å². The molecule has 150 valence electrons. The van der Waals surface area contributed by atoms with E-state index in [1.54, 1.807) is 12.1 Å². The van der Waals surface area contributed by atoms with Gasteiger partial charge in [-0.15, -0.1) is 0 Å². The van der Waals surface area contributed by atoms with Crippen LogP contribution in [0.25, 0.3) is 0 Å². The second-order valence-corrected chi connectivity index (χ2v) is 7.93. The maximum absolute atomic E-state index is 12.2. The molecule has 0 heterocycles. The van der Waals surface area contributed by atoms with Crippen molar-refractivity contribution < 1.29 is 31.5 Å². The number of alkyl halides is 2. The molecule has 10 heteroatoms. The van der Waals surface area contributed by atoms with E-state index >= 15 is 0 Å². The number of anilines is 2. The molecule has 0 fully saturated rings. The molecule has 0 aliphatic heterocycles. The minimum Gasteiger partial charge on any atom is -0.435 e. The predicted molar refractivity (Wildman–Crippen MR) is 99.9 cm³/mol.